The summed E-state index contributed by atoms with van der Waals surface area (Å²) < 4.78 is 1.72. The van der Waals surface area contributed by atoms with Crippen molar-refractivity contribution in [2.24, 2.45) is 0 Å². The highest BCUT2D eigenvalue weighted by Crippen LogP contribution is 2.21. The van der Waals surface area contributed by atoms with Crippen molar-refractivity contribution in [1.29, 1.82) is 0 Å². The number of carbonyl (C=O) groups is 1. The molecule has 0 fully saturated rings. The summed E-state index contributed by atoms with van der Waals surface area (Å²) in [6.45, 7) is 9.96. The number of amides is 1. The minimum Gasteiger partial charge on any atom is -0.326 e. The molecule has 1 amide bonds. The first kappa shape index (κ1) is 19.8. The van der Waals surface area contributed by atoms with Gasteiger partial charge in [0.15, 0.2) is 5.82 Å². The molecule has 30 heavy (non-hydrogen) atoms. The van der Waals surface area contributed by atoms with E-state index in [1.165, 1.54) is 5.56 Å². The molecule has 2 aromatic carbocycles. The third-order valence-electron chi connectivity index (χ3n) is 5.57. The van der Waals surface area contributed by atoms with Crippen molar-refractivity contribution in [1.82, 2.24) is 19.6 Å². The molecule has 0 radical (unpaired) electrons. The van der Waals surface area contributed by atoms with E-state index in [1.807, 2.05) is 77.1 Å². The summed E-state index contributed by atoms with van der Waals surface area (Å²) >= 11 is 0. The van der Waals surface area contributed by atoms with Gasteiger partial charge in [-0.1, -0.05) is 42.0 Å². The summed E-state index contributed by atoms with van der Waals surface area (Å²) in [6.07, 6.45) is 0.230. The Kier molecular flexibility index (Phi) is 5.08. The van der Waals surface area contributed by atoms with Crippen LogP contribution in [-0.2, 0) is 11.2 Å². The maximum Gasteiger partial charge on any atom is 0.253 e. The van der Waals surface area contributed by atoms with Crippen molar-refractivity contribution >= 4 is 17.4 Å². The summed E-state index contributed by atoms with van der Waals surface area (Å²) in [6, 6.07) is 14.0. The van der Waals surface area contributed by atoms with E-state index < -0.39 is 0 Å². The molecule has 0 aliphatic carbocycles. The van der Waals surface area contributed by atoms with Gasteiger partial charge in [-0.25, -0.2) is 9.50 Å². The number of benzene rings is 2. The van der Waals surface area contributed by atoms with Gasteiger partial charge in [0.2, 0.25) is 5.91 Å². The summed E-state index contributed by atoms with van der Waals surface area (Å²) in [7, 11) is 0. The van der Waals surface area contributed by atoms with Gasteiger partial charge in [-0.2, -0.15) is 4.98 Å². The van der Waals surface area contributed by atoms with Gasteiger partial charge in [-0.15, -0.1) is 5.10 Å². The summed E-state index contributed by atoms with van der Waals surface area (Å²) in [4.78, 5) is 21.9. The van der Waals surface area contributed by atoms with E-state index in [0.717, 1.165) is 39.3 Å². The van der Waals surface area contributed by atoms with Crippen LogP contribution in [0.4, 0.5) is 5.69 Å². The van der Waals surface area contributed by atoms with Crippen LogP contribution in [0, 0.1) is 34.6 Å². The van der Waals surface area contributed by atoms with E-state index in [-0.39, 0.29) is 12.3 Å². The zero-order valence-electron chi connectivity index (χ0n) is 17.9. The smallest absolute Gasteiger partial charge is 0.253 e. The lowest BCUT2D eigenvalue weighted by atomic mass is 10.1. The van der Waals surface area contributed by atoms with Gasteiger partial charge in [-0.3, -0.25) is 4.79 Å². The van der Waals surface area contributed by atoms with Crippen molar-refractivity contribution in [3.8, 4) is 11.4 Å². The molecule has 0 atom stereocenters. The molecule has 152 valence electrons. The first-order chi connectivity index (χ1) is 14.3. The highest BCUT2D eigenvalue weighted by Gasteiger charge is 2.17. The minimum atomic E-state index is -0.0741. The highest BCUT2D eigenvalue weighted by atomic mass is 16.1. The molecule has 1 N–H and O–H groups in total. The predicted molar refractivity (Wildman–Crippen MR) is 119 cm³/mol. The highest BCUT2D eigenvalue weighted by molar-refractivity contribution is 5.93. The topological polar surface area (TPSA) is 72.2 Å². The van der Waals surface area contributed by atoms with Crippen LogP contribution in [0.5, 0.6) is 0 Å². The van der Waals surface area contributed by atoms with Crippen molar-refractivity contribution in [2.75, 3.05) is 5.32 Å². The molecule has 6 heteroatoms. The third-order valence-corrected chi connectivity index (χ3v) is 5.57. The summed E-state index contributed by atoms with van der Waals surface area (Å²) in [5.74, 6) is 1.09. The first-order valence-electron chi connectivity index (χ1n) is 9.99. The lowest BCUT2D eigenvalue weighted by Crippen LogP contribution is -2.18. The molecule has 0 spiro atoms. The number of rotatable bonds is 4. The average molecular weight is 399 g/mol. The Hall–Kier alpha value is -3.54. The second-order valence-corrected chi connectivity index (χ2v) is 7.75. The Labute approximate surface area is 176 Å². The molecule has 0 saturated carbocycles. The summed E-state index contributed by atoms with van der Waals surface area (Å²) in [5.41, 5.74) is 7.72. The van der Waals surface area contributed by atoms with Crippen LogP contribution in [0.3, 0.4) is 0 Å². The number of hydrogen-bond donors (Lipinski definition) is 1. The van der Waals surface area contributed by atoms with Crippen LogP contribution in [0.15, 0.2) is 42.5 Å². The number of anilines is 1. The molecule has 6 nitrogen and oxygen atoms in total. The Balaban J connectivity index is 1.65. The molecule has 0 unspecified atom stereocenters. The van der Waals surface area contributed by atoms with Gasteiger partial charge < -0.3 is 5.32 Å². The predicted octanol–water partition coefficient (Wildman–Crippen LogP) is 4.51. The molecule has 4 aromatic rings. The molecule has 0 saturated heterocycles. The van der Waals surface area contributed by atoms with Crippen LogP contribution >= 0.6 is 0 Å². The molecule has 2 aromatic heterocycles. The van der Waals surface area contributed by atoms with Gasteiger partial charge in [-0.05, 0) is 51.8 Å². The minimum absolute atomic E-state index is 0.0741. The van der Waals surface area contributed by atoms with Gasteiger partial charge >= 0.3 is 0 Å². The Morgan fingerprint density at radius 2 is 1.70 bits per heavy atom. The van der Waals surface area contributed by atoms with Crippen LogP contribution in [-0.4, -0.2) is 25.5 Å². The number of aryl methyl sites for hydroxylation is 4. The fourth-order valence-corrected chi connectivity index (χ4v) is 3.53. The largest absolute Gasteiger partial charge is 0.326 e. The van der Waals surface area contributed by atoms with Gasteiger partial charge in [0.25, 0.3) is 5.78 Å². The van der Waals surface area contributed by atoms with Gasteiger partial charge in [0.05, 0.1) is 6.42 Å². The van der Waals surface area contributed by atoms with Crippen LogP contribution < -0.4 is 5.32 Å². The second-order valence-electron chi connectivity index (χ2n) is 7.75. The molecular weight excluding hydrogens is 374 g/mol. The van der Waals surface area contributed by atoms with Crippen molar-refractivity contribution in [3.63, 3.8) is 0 Å². The van der Waals surface area contributed by atoms with Crippen LogP contribution in [0.25, 0.3) is 17.2 Å². The molecule has 0 aliphatic rings. The fraction of sp³-hybridized carbons (Fsp3) is 0.250. The van der Waals surface area contributed by atoms with Crippen LogP contribution in [0.2, 0.25) is 0 Å². The van der Waals surface area contributed by atoms with E-state index in [9.17, 15) is 4.79 Å². The van der Waals surface area contributed by atoms with E-state index in [0.29, 0.717) is 11.6 Å². The number of hydrogen-bond acceptors (Lipinski definition) is 4. The summed E-state index contributed by atoms with van der Waals surface area (Å²) in [5, 5.41) is 7.67. The van der Waals surface area contributed by atoms with E-state index in [2.05, 4.69) is 20.4 Å². The zero-order chi connectivity index (χ0) is 21.4. The maximum absolute atomic E-state index is 12.8. The Morgan fingerprint density at radius 3 is 2.43 bits per heavy atom. The van der Waals surface area contributed by atoms with Gasteiger partial charge in [0.1, 0.15) is 0 Å². The van der Waals surface area contributed by atoms with Crippen LogP contribution in [0.1, 0.15) is 33.6 Å². The lowest BCUT2D eigenvalue weighted by Gasteiger charge is -2.13. The molecular formula is C24H25N5O. The van der Waals surface area contributed by atoms with E-state index in [4.69, 9.17) is 0 Å². The second kappa shape index (κ2) is 7.71. The molecule has 0 aliphatic heterocycles. The monoisotopic (exact) mass is 399 g/mol. The van der Waals surface area contributed by atoms with E-state index >= 15 is 0 Å². The fourth-order valence-electron chi connectivity index (χ4n) is 3.53. The van der Waals surface area contributed by atoms with E-state index in [1.54, 1.807) is 4.52 Å². The maximum atomic E-state index is 12.8. The van der Waals surface area contributed by atoms with Gasteiger partial charge in [0, 0.05) is 28.2 Å². The third kappa shape index (κ3) is 3.68. The molecule has 2 heterocycles. The SMILES string of the molecule is Cc1ccc(-c2nc3nc(C)c(CC(=O)Nc4cccc(C)c4C)c(C)n3n2)cc1. The van der Waals surface area contributed by atoms with Crippen molar-refractivity contribution in [2.45, 2.75) is 41.0 Å². The Morgan fingerprint density at radius 1 is 0.967 bits per heavy atom. The number of nitrogens with zero attached hydrogens (tertiary/aromatic N) is 4. The molecule has 0 bridgehead atoms. The standard InChI is InChI=1S/C24H25N5O/c1-14-9-11-19(12-10-14)23-27-24-25-17(4)20(18(5)29(24)28-23)13-22(30)26-21-8-6-7-15(2)16(21)3/h6-12H,13H2,1-5H3,(H,26,30). The average Bonchev–Trinajstić information content (AvgIpc) is 3.13. The first-order valence-corrected chi connectivity index (χ1v) is 9.99. The lowest BCUT2D eigenvalue weighted by molar-refractivity contribution is -0.115. The van der Waals surface area contributed by atoms with Crippen molar-refractivity contribution in [3.05, 3.63) is 76.1 Å². The number of nitrogens with one attached hydrogen (secondary N) is 1. The Bertz CT molecular complexity index is 1260. The number of fused-ring (bicyclic) bond motifs is 1. The number of aromatic nitrogens is 4. The quantitative estimate of drug-likeness (QED) is 0.548. The molecule has 4 rings (SSSR count). The van der Waals surface area contributed by atoms with Crippen molar-refractivity contribution < 1.29 is 4.79 Å². The zero-order valence-corrected chi connectivity index (χ0v) is 17.9. The normalized spacial score (nSPS) is 11.1. The number of carbonyl (C=O) groups excluding carboxylic acids is 1.